The summed E-state index contributed by atoms with van der Waals surface area (Å²) in [6.45, 7) is 0.870. The SMILES string of the molecule is Cn1ccc(-c2cn([C@@H]3O[C@H](C(=O)Nc4cc(NCC5CC5)ccn4)[C@@H](O)[C@H]3O)c3ncnc(N)c23)n1. The van der Waals surface area contributed by atoms with Crippen LogP contribution in [0.15, 0.2) is 43.1 Å². The van der Waals surface area contributed by atoms with Gasteiger partial charge in [0.15, 0.2) is 12.3 Å². The van der Waals surface area contributed by atoms with E-state index in [9.17, 15) is 15.0 Å². The Morgan fingerprint density at radius 3 is 2.81 bits per heavy atom. The number of carbonyl (C=O) groups is 1. The first-order valence-electron chi connectivity index (χ1n) is 12.0. The number of nitrogens with zero attached hydrogens (tertiary/aromatic N) is 6. The second kappa shape index (κ2) is 9.10. The summed E-state index contributed by atoms with van der Waals surface area (Å²) in [5, 5.41) is 32.6. The van der Waals surface area contributed by atoms with Crippen LogP contribution in [0.4, 0.5) is 17.3 Å². The highest BCUT2D eigenvalue weighted by atomic mass is 16.6. The van der Waals surface area contributed by atoms with Gasteiger partial charge in [-0.05, 0) is 30.9 Å². The van der Waals surface area contributed by atoms with Gasteiger partial charge in [-0.15, -0.1) is 0 Å². The summed E-state index contributed by atoms with van der Waals surface area (Å²) in [6.07, 6.45) is 3.43. The molecule has 4 aromatic heterocycles. The largest absolute Gasteiger partial charge is 0.387 e. The van der Waals surface area contributed by atoms with Crippen LogP contribution in [0.3, 0.4) is 0 Å². The molecule has 192 valence electrons. The predicted octanol–water partition coefficient (Wildman–Crippen LogP) is 0.889. The van der Waals surface area contributed by atoms with Gasteiger partial charge in [0.1, 0.15) is 35.8 Å². The van der Waals surface area contributed by atoms with E-state index < -0.39 is 30.4 Å². The zero-order valence-electron chi connectivity index (χ0n) is 20.0. The fourth-order valence-electron chi connectivity index (χ4n) is 4.55. The smallest absolute Gasteiger partial charge is 0.257 e. The summed E-state index contributed by atoms with van der Waals surface area (Å²) >= 11 is 0. The molecule has 0 unspecified atom stereocenters. The number of anilines is 3. The molecule has 2 aliphatic rings. The van der Waals surface area contributed by atoms with Crippen molar-refractivity contribution in [3.63, 3.8) is 0 Å². The fourth-order valence-corrected chi connectivity index (χ4v) is 4.55. The molecule has 37 heavy (non-hydrogen) atoms. The molecular formula is C24H27N9O4. The van der Waals surface area contributed by atoms with Crippen molar-refractivity contribution in [2.45, 2.75) is 37.4 Å². The standard InChI is InChI=1S/C24H27N9O4/c1-32-7-5-15(31-32)14-10-33(22-17(14)21(25)28-11-29-22)24-19(35)18(34)20(37-24)23(36)30-16-8-13(4-6-26-16)27-9-12-2-3-12/h4-8,10-12,18-20,24,34-35H,2-3,9H2,1H3,(H2,25,28,29)(H2,26,27,30,36)/t18-,19+,20-,24+/m0/s1. The zero-order chi connectivity index (χ0) is 25.7. The third kappa shape index (κ3) is 4.37. The van der Waals surface area contributed by atoms with Gasteiger partial charge in [-0.1, -0.05) is 0 Å². The number of amides is 1. The number of pyridine rings is 1. The summed E-state index contributed by atoms with van der Waals surface area (Å²) in [7, 11) is 1.79. The van der Waals surface area contributed by atoms with E-state index in [1.807, 2.05) is 12.1 Å². The Balaban J connectivity index is 1.25. The van der Waals surface area contributed by atoms with E-state index in [1.54, 1.807) is 41.0 Å². The Morgan fingerprint density at radius 1 is 1.22 bits per heavy atom. The van der Waals surface area contributed by atoms with Crippen molar-refractivity contribution in [1.82, 2.24) is 29.3 Å². The van der Waals surface area contributed by atoms with Crippen molar-refractivity contribution in [2.24, 2.45) is 13.0 Å². The quantitative estimate of drug-likeness (QED) is 0.242. The highest BCUT2D eigenvalue weighted by molar-refractivity contribution is 6.00. The van der Waals surface area contributed by atoms with Gasteiger partial charge in [-0.2, -0.15) is 5.10 Å². The van der Waals surface area contributed by atoms with Crippen molar-refractivity contribution in [2.75, 3.05) is 22.9 Å². The molecule has 4 aromatic rings. The zero-order valence-corrected chi connectivity index (χ0v) is 20.0. The highest BCUT2D eigenvalue weighted by Crippen LogP contribution is 2.38. The van der Waals surface area contributed by atoms with Gasteiger partial charge >= 0.3 is 0 Å². The lowest BCUT2D eigenvalue weighted by Gasteiger charge is -2.17. The van der Waals surface area contributed by atoms with Crippen LogP contribution in [0.25, 0.3) is 22.3 Å². The maximum atomic E-state index is 13.0. The van der Waals surface area contributed by atoms with Crippen LogP contribution in [-0.2, 0) is 16.6 Å². The maximum absolute atomic E-state index is 13.0. The van der Waals surface area contributed by atoms with Crippen molar-refractivity contribution < 1.29 is 19.7 Å². The van der Waals surface area contributed by atoms with E-state index in [-0.39, 0.29) is 5.82 Å². The molecule has 4 atom stereocenters. The van der Waals surface area contributed by atoms with E-state index in [0.29, 0.717) is 34.0 Å². The van der Waals surface area contributed by atoms with Crippen molar-refractivity contribution in [3.05, 3.63) is 43.1 Å². The topological polar surface area (TPSA) is 178 Å². The van der Waals surface area contributed by atoms with Crippen molar-refractivity contribution in [3.8, 4) is 11.3 Å². The van der Waals surface area contributed by atoms with Crippen LogP contribution in [-0.4, -0.2) is 70.3 Å². The van der Waals surface area contributed by atoms with Gasteiger partial charge in [-0.25, -0.2) is 15.0 Å². The Morgan fingerprint density at radius 2 is 2.05 bits per heavy atom. The number of ether oxygens (including phenoxy) is 1. The van der Waals surface area contributed by atoms with E-state index in [2.05, 4.69) is 30.7 Å². The number of fused-ring (bicyclic) bond motifs is 1. The van der Waals surface area contributed by atoms with Crippen molar-refractivity contribution in [1.29, 1.82) is 0 Å². The molecule has 5 heterocycles. The summed E-state index contributed by atoms with van der Waals surface area (Å²) in [4.78, 5) is 25.6. The predicted molar refractivity (Wildman–Crippen MR) is 134 cm³/mol. The lowest BCUT2D eigenvalue weighted by molar-refractivity contribution is -0.132. The van der Waals surface area contributed by atoms with Gasteiger partial charge in [-0.3, -0.25) is 9.48 Å². The molecular weight excluding hydrogens is 478 g/mol. The Labute approximate surface area is 211 Å². The average molecular weight is 506 g/mol. The third-order valence-electron chi connectivity index (χ3n) is 6.70. The van der Waals surface area contributed by atoms with Gasteiger partial charge in [0.25, 0.3) is 5.91 Å². The third-order valence-corrected chi connectivity index (χ3v) is 6.70. The molecule has 6 rings (SSSR count). The molecule has 13 nitrogen and oxygen atoms in total. The van der Waals surface area contributed by atoms with Crippen LogP contribution in [0.2, 0.25) is 0 Å². The molecule has 6 N–H and O–H groups in total. The first-order valence-corrected chi connectivity index (χ1v) is 12.0. The minimum Gasteiger partial charge on any atom is -0.387 e. The number of hydrogen-bond donors (Lipinski definition) is 5. The van der Waals surface area contributed by atoms with E-state index in [1.165, 1.54) is 19.2 Å². The molecule has 1 saturated carbocycles. The van der Waals surface area contributed by atoms with E-state index in [0.717, 1.165) is 12.2 Å². The molecule has 1 aliphatic heterocycles. The summed E-state index contributed by atoms with van der Waals surface area (Å²) in [5.74, 6) is 0.601. The molecule has 0 radical (unpaired) electrons. The Kier molecular flexibility index (Phi) is 5.74. The van der Waals surface area contributed by atoms with Crippen LogP contribution in [0.1, 0.15) is 19.1 Å². The summed E-state index contributed by atoms with van der Waals surface area (Å²) in [5.41, 5.74) is 8.63. The molecule has 0 aromatic carbocycles. The number of rotatable bonds is 7. The van der Waals surface area contributed by atoms with E-state index >= 15 is 0 Å². The molecule has 13 heteroatoms. The number of aliphatic hydroxyl groups excluding tert-OH is 2. The van der Waals surface area contributed by atoms with Crippen molar-refractivity contribution >= 4 is 34.3 Å². The molecule has 0 spiro atoms. The van der Waals surface area contributed by atoms with E-state index in [4.69, 9.17) is 10.5 Å². The number of nitrogen functional groups attached to an aromatic ring is 1. The number of carbonyl (C=O) groups excluding carboxylic acids is 1. The normalized spacial score (nSPS) is 23.4. The summed E-state index contributed by atoms with van der Waals surface area (Å²) in [6, 6.07) is 5.35. The number of aryl methyl sites for hydroxylation is 1. The van der Waals surface area contributed by atoms with Gasteiger partial charge < -0.3 is 35.9 Å². The fraction of sp³-hybridized carbons (Fsp3) is 0.375. The number of nitrogens with two attached hydrogens (primary N) is 1. The second-order valence-corrected chi connectivity index (χ2v) is 9.45. The Hall–Kier alpha value is -4.07. The van der Waals surface area contributed by atoms with Crippen LogP contribution in [0.5, 0.6) is 0 Å². The minimum atomic E-state index is -1.49. The highest BCUT2D eigenvalue weighted by Gasteiger charge is 2.48. The maximum Gasteiger partial charge on any atom is 0.257 e. The first kappa shape index (κ1) is 23.3. The van der Waals surface area contributed by atoms with Crippen LogP contribution in [0, 0.1) is 5.92 Å². The number of hydrogen-bond acceptors (Lipinski definition) is 10. The monoisotopic (exact) mass is 505 g/mol. The Bertz CT molecular complexity index is 1460. The minimum absolute atomic E-state index is 0.230. The van der Waals surface area contributed by atoms with Crippen LogP contribution < -0.4 is 16.4 Å². The molecule has 1 aliphatic carbocycles. The lowest BCUT2D eigenvalue weighted by Crippen LogP contribution is -2.39. The van der Waals surface area contributed by atoms with Crippen LogP contribution >= 0.6 is 0 Å². The van der Waals surface area contributed by atoms with Gasteiger partial charge in [0.05, 0.1) is 11.1 Å². The second-order valence-electron chi connectivity index (χ2n) is 9.45. The molecule has 1 amide bonds. The first-order chi connectivity index (χ1) is 17.9. The molecule has 1 saturated heterocycles. The summed E-state index contributed by atoms with van der Waals surface area (Å²) < 4.78 is 9.09. The van der Waals surface area contributed by atoms with Gasteiger partial charge in [0.2, 0.25) is 0 Å². The van der Waals surface area contributed by atoms with Gasteiger partial charge in [0, 0.05) is 49.5 Å². The number of aliphatic hydroxyl groups is 2. The molecule has 0 bridgehead atoms. The number of aromatic nitrogens is 6. The molecule has 2 fully saturated rings. The number of nitrogens with one attached hydrogen (secondary N) is 2. The average Bonchev–Trinajstić information content (AvgIpc) is 3.37. The lowest BCUT2D eigenvalue weighted by atomic mass is 10.1.